The molecule has 0 aliphatic carbocycles. The van der Waals surface area contributed by atoms with Gasteiger partial charge in [-0.3, -0.25) is 14.5 Å². The van der Waals surface area contributed by atoms with Crippen molar-refractivity contribution in [3.63, 3.8) is 0 Å². The van der Waals surface area contributed by atoms with Crippen LogP contribution in [0, 0.1) is 5.92 Å². The van der Waals surface area contributed by atoms with Gasteiger partial charge in [0.25, 0.3) is 0 Å². The van der Waals surface area contributed by atoms with Crippen LogP contribution < -0.4 is 10.6 Å². The molecule has 2 atom stereocenters. The summed E-state index contributed by atoms with van der Waals surface area (Å²) in [5.74, 6) is -0.174. The number of rotatable bonds is 7. The third-order valence-corrected chi connectivity index (χ3v) is 5.36. The molecule has 0 spiro atoms. The summed E-state index contributed by atoms with van der Waals surface area (Å²) in [6.45, 7) is 4.10. The number of amides is 2. The molecule has 2 N–H and O–H groups in total. The van der Waals surface area contributed by atoms with Gasteiger partial charge in [0.1, 0.15) is 0 Å². The normalized spacial score (nSPS) is 23.2. The minimum atomic E-state index is -0.222. The Labute approximate surface area is 155 Å². The lowest BCUT2D eigenvalue weighted by molar-refractivity contribution is -0.132. The van der Waals surface area contributed by atoms with Crippen LogP contribution in [0.25, 0.3) is 0 Å². The quantitative estimate of drug-likeness (QED) is 0.715. The fraction of sp³-hybridized carbons (Fsp3) is 0.600. The lowest BCUT2D eigenvalue weighted by Crippen LogP contribution is -2.52. The topological polar surface area (TPSA) is 70.7 Å². The molecule has 142 valence electrons. The molecule has 2 aliphatic heterocycles. The number of ether oxygens (including phenoxy) is 1. The van der Waals surface area contributed by atoms with E-state index in [4.69, 9.17) is 4.74 Å². The Bertz CT molecular complexity index is 634. The van der Waals surface area contributed by atoms with Crippen LogP contribution in [0.3, 0.4) is 0 Å². The van der Waals surface area contributed by atoms with Crippen molar-refractivity contribution in [2.45, 2.75) is 38.3 Å². The zero-order valence-corrected chi connectivity index (χ0v) is 15.5. The first-order valence-electron chi connectivity index (χ1n) is 9.52. The van der Waals surface area contributed by atoms with Gasteiger partial charge in [0.05, 0.1) is 18.6 Å². The molecule has 1 aromatic rings. The fourth-order valence-electron chi connectivity index (χ4n) is 3.91. The van der Waals surface area contributed by atoms with Crippen LogP contribution in [0.4, 0.5) is 0 Å². The Kier molecular flexibility index (Phi) is 6.63. The highest BCUT2D eigenvalue weighted by atomic mass is 16.5. The van der Waals surface area contributed by atoms with E-state index in [1.54, 1.807) is 7.11 Å². The SMILES string of the molecule is COC[C@H]1NC(=O)CC[C@H]1C(=O)NCCCN1CCc2ccccc2C1. The first-order chi connectivity index (χ1) is 12.7. The number of benzene rings is 1. The van der Waals surface area contributed by atoms with Gasteiger partial charge in [-0.25, -0.2) is 0 Å². The highest BCUT2D eigenvalue weighted by molar-refractivity contribution is 5.84. The number of nitrogens with zero attached hydrogens (tertiary/aromatic N) is 1. The largest absolute Gasteiger partial charge is 0.383 e. The monoisotopic (exact) mass is 359 g/mol. The van der Waals surface area contributed by atoms with Crippen LogP contribution >= 0.6 is 0 Å². The zero-order valence-electron chi connectivity index (χ0n) is 15.5. The predicted molar refractivity (Wildman–Crippen MR) is 99.6 cm³/mol. The second kappa shape index (κ2) is 9.14. The molecule has 1 saturated heterocycles. The van der Waals surface area contributed by atoms with Crippen molar-refractivity contribution in [1.82, 2.24) is 15.5 Å². The average Bonchev–Trinajstić information content (AvgIpc) is 2.65. The maximum absolute atomic E-state index is 12.5. The van der Waals surface area contributed by atoms with Crippen molar-refractivity contribution < 1.29 is 14.3 Å². The van der Waals surface area contributed by atoms with E-state index in [1.807, 2.05) is 0 Å². The summed E-state index contributed by atoms with van der Waals surface area (Å²) in [4.78, 5) is 26.5. The molecule has 0 bridgehead atoms. The molecule has 6 nitrogen and oxygen atoms in total. The Hall–Kier alpha value is -1.92. The number of piperidine rings is 1. The number of fused-ring (bicyclic) bond motifs is 1. The number of hydrogen-bond acceptors (Lipinski definition) is 4. The van der Waals surface area contributed by atoms with Crippen LogP contribution in [0.5, 0.6) is 0 Å². The number of nitrogens with one attached hydrogen (secondary N) is 2. The maximum Gasteiger partial charge on any atom is 0.225 e. The molecule has 26 heavy (non-hydrogen) atoms. The third-order valence-electron chi connectivity index (χ3n) is 5.36. The van der Waals surface area contributed by atoms with Crippen LogP contribution in [0.15, 0.2) is 24.3 Å². The van der Waals surface area contributed by atoms with Crippen molar-refractivity contribution in [1.29, 1.82) is 0 Å². The van der Waals surface area contributed by atoms with Crippen LogP contribution in [-0.4, -0.2) is 56.1 Å². The number of carbonyl (C=O) groups excluding carboxylic acids is 2. The van der Waals surface area contributed by atoms with Crippen molar-refractivity contribution in [3.8, 4) is 0 Å². The van der Waals surface area contributed by atoms with Gasteiger partial charge in [0.15, 0.2) is 0 Å². The Morgan fingerprint density at radius 3 is 2.92 bits per heavy atom. The molecule has 3 rings (SSSR count). The number of methoxy groups -OCH3 is 1. The lowest BCUT2D eigenvalue weighted by Gasteiger charge is -2.31. The van der Waals surface area contributed by atoms with Gasteiger partial charge in [0, 0.05) is 39.7 Å². The van der Waals surface area contributed by atoms with E-state index < -0.39 is 0 Å². The van der Waals surface area contributed by atoms with E-state index in [0.29, 0.717) is 26.0 Å². The van der Waals surface area contributed by atoms with E-state index >= 15 is 0 Å². The second-order valence-electron chi connectivity index (χ2n) is 7.21. The van der Waals surface area contributed by atoms with Gasteiger partial charge in [-0.2, -0.15) is 0 Å². The van der Waals surface area contributed by atoms with Crippen molar-refractivity contribution in [2.75, 3.05) is 33.4 Å². The van der Waals surface area contributed by atoms with E-state index in [9.17, 15) is 9.59 Å². The maximum atomic E-state index is 12.5. The molecule has 0 radical (unpaired) electrons. The van der Waals surface area contributed by atoms with Gasteiger partial charge in [-0.05, 0) is 30.4 Å². The average molecular weight is 359 g/mol. The molecule has 1 aromatic carbocycles. The lowest BCUT2D eigenvalue weighted by atomic mass is 9.90. The van der Waals surface area contributed by atoms with Gasteiger partial charge in [-0.1, -0.05) is 24.3 Å². The van der Waals surface area contributed by atoms with E-state index in [-0.39, 0.29) is 23.8 Å². The van der Waals surface area contributed by atoms with E-state index in [1.165, 1.54) is 11.1 Å². The van der Waals surface area contributed by atoms with Crippen LogP contribution in [0.1, 0.15) is 30.4 Å². The summed E-state index contributed by atoms with van der Waals surface area (Å²) in [7, 11) is 1.59. The van der Waals surface area contributed by atoms with Gasteiger partial charge in [-0.15, -0.1) is 0 Å². The minimum Gasteiger partial charge on any atom is -0.383 e. The first kappa shape index (κ1) is 18.9. The van der Waals surface area contributed by atoms with Gasteiger partial charge >= 0.3 is 0 Å². The van der Waals surface area contributed by atoms with Crippen LogP contribution in [-0.2, 0) is 27.3 Å². The summed E-state index contributed by atoms with van der Waals surface area (Å²) in [5.41, 5.74) is 2.88. The van der Waals surface area contributed by atoms with Crippen LogP contribution in [0.2, 0.25) is 0 Å². The predicted octanol–water partition coefficient (Wildman–Crippen LogP) is 1.09. The molecular weight excluding hydrogens is 330 g/mol. The molecule has 0 saturated carbocycles. The number of carbonyl (C=O) groups is 2. The molecule has 1 fully saturated rings. The molecule has 0 unspecified atom stereocenters. The molecule has 2 aliphatic rings. The van der Waals surface area contributed by atoms with Crippen molar-refractivity contribution in [2.24, 2.45) is 5.92 Å². The Morgan fingerprint density at radius 1 is 1.31 bits per heavy atom. The molecule has 2 amide bonds. The fourth-order valence-corrected chi connectivity index (χ4v) is 3.91. The Morgan fingerprint density at radius 2 is 2.12 bits per heavy atom. The molecule has 2 heterocycles. The van der Waals surface area contributed by atoms with Gasteiger partial charge in [0.2, 0.25) is 11.8 Å². The van der Waals surface area contributed by atoms with E-state index in [0.717, 1.165) is 32.5 Å². The summed E-state index contributed by atoms with van der Waals surface area (Å²) < 4.78 is 5.14. The minimum absolute atomic E-state index is 0.00137. The summed E-state index contributed by atoms with van der Waals surface area (Å²) in [5, 5.41) is 5.91. The first-order valence-corrected chi connectivity index (χ1v) is 9.52. The highest BCUT2D eigenvalue weighted by Crippen LogP contribution is 2.19. The van der Waals surface area contributed by atoms with E-state index in [2.05, 4.69) is 39.8 Å². The smallest absolute Gasteiger partial charge is 0.225 e. The standard InChI is InChI=1S/C20H29N3O3/c1-26-14-18-17(7-8-19(24)22-18)20(25)21-10-4-11-23-12-9-15-5-2-3-6-16(15)13-23/h2-3,5-6,17-18H,4,7-14H2,1H3,(H,21,25)(H,22,24)/t17-,18-/m1/s1. The zero-order chi connectivity index (χ0) is 18.4. The van der Waals surface area contributed by atoms with Crippen molar-refractivity contribution in [3.05, 3.63) is 35.4 Å². The second-order valence-corrected chi connectivity index (χ2v) is 7.21. The Balaban J connectivity index is 1.39. The highest BCUT2D eigenvalue weighted by Gasteiger charge is 2.33. The summed E-state index contributed by atoms with van der Waals surface area (Å²) in [6.07, 6.45) is 3.03. The number of hydrogen-bond donors (Lipinski definition) is 2. The molecular formula is C20H29N3O3. The van der Waals surface area contributed by atoms with Gasteiger partial charge < -0.3 is 15.4 Å². The summed E-state index contributed by atoms with van der Waals surface area (Å²) in [6, 6.07) is 8.40. The summed E-state index contributed by atoms with van der Waals surface area (Å²) >= 11 is 0. The van der Waals surface area contributed by atoms with Crippen molar-refractivity contribution >= 4 is 11.8 Å². The molecule has 0 aromatic heterocycles. The third kappa shape index (κ3) is 4.83. The molecule has 6 heteroatoms.